The van der Waals surface area contributed by atoms with Gasteiger partial charge in [0, 0.05) is 23.8 Å². The number of nitrogens with zero attached hydrogens (tertiary/aromatic N) is 1. The highest BCUT2D eigenvalue weighted by Gasteiger charge is 2.33. The molecule has 1 aromatic carbocycles. The molecule has 0 amide bonds. The molecule has 0 saturated carbocycles. The molecule has 0 aromatic heterocycles. The molecule has 4 nitrogen and oxygen atoms in total. The minimum atomic E-state index is -0.374. The maximum absolute atomic E-state index is 12.7. The zero-order chi connectivity index (χ0) is 19.5. The molecule has 2 rings (SSSR count). The molecule has 4 heteroatoms. The number of carbonyl (C=O) groups is 2. The summed E-state index contributed by atoms with van der Waals surface area (Å²) in [6, 6.07) is 3.86. The van der Waals surface area contributed by atoms with E-state index in [1.54, 1.807) is 0 Å². The number of hydrogen-bond acceptors (Lipinski definition) is 4. The Kier molecular flexibility index (Phi) is 6.62. The van der Waals surface area contributed by atoms with Crippen LogP contribution in [0.15, 0.2) is 12.1 Å². The van der Waals surface area contributed by atoms with Gasteiger partial charge in [-0.15, -0.1) is 0 Å². The molecular formula is C22H33NO3. The van der Waals surface area contributed by atoms with E-state index in [0.29, 0.717) is 18.6 Å². The van der Waals surface area contributed by atoms with E-state index in [4.69, 9.17) is 4.74 Å². The van der Waals surface area contributed by atoms with Crippen molar-refractivity contribution in [2.45, 2.75) is 78.2 Å². The first kappa shape index (κ1) is 20.6. The molecule has 0 N–H and O–H groups in total. The van der Waals surface area contributed by atoms with Gasteiger partial charge in [0.05, 0.1) is 0 Å². The number of rotatable bonds is 7. The lowest BCUT2D eigenvalue weighted by atomic mass is 9.76. The van der Waals surface area contributed by atoms with E-state index in [9.17, 15) is 9.59 Å². The Bertz CT molecular complexity index is 678. The molecule has 26 heavy (non-hydrogen) atoms. The summed E-state index contributed by atoms with van der Waals surface area (Å²) < 4.78 is 5.90. The van der Waals surface area contributed by atoms with Crippen molar-refractivity contribution in [2.24, 2.45) is 0 Å². The van der Waals surface area contributed by atoms with E-state index >= 15 is 0 Å². The van der Waals surface area contributed by atoms with Crippen molar-refractivity contribution in [3.8, 4) is 5.75 Å². The van der Waals surface area contributed by atoms with Crippen molar-refractivity contribution in [1.29, 1.82) is 0 Å². The standard InChI is InChI=1S/C22H33NO3/c1-7-9-17(24)14-22(4,5)20-16(3)12-15(2)13-19(20)26-21(25)18-10-8-11-23(18)6/h12-13,18H,7-11,14H2,1-6H3. The molecule has 1 aliphatic rings. The van der Waals surface area contributed by atoms with E-state index in [0.717, 1.165) is 42.5 Å². The summed E-state index contributed by atoms with van der Waals surface area (Å²) in [5, 5.41) is 0. The average molecular weight is 360 g/mol. The lowest BCUT2D eigenvalue weighted by molar-refractivity contribution is -0.139. The molecule has 144 valence electrons. The minimum absolute atomic E-state index is 0.173. The Morgan fingerprint density at radius 1 is 1.27 bits per heavy atom. The molecule has 0 aliphatic carbocycles. The van der Waals surface area contributed by atoms with Crippen molar-refractivity contribution in [3.63, 3.8) is 0 Å². The van der Waals surface area contributed by atoms with Gasteiger partial charge in [0.1, 0.15) is 17.6 Å². The molecule has 1 aromatic rings. The fourth-order valence-corrected chi connectivity index (χ4v) is 4.21. The number of carbonyl (C=O) groups excluding carboxylic acids is 2. The third-order valence-electron chi connectivity index (χ3n) is 5.29. The monoisotopic (exact) mass is 359 g/mol. The number of ketones is 1. The van der Waals surface area contributed by atoms with Gasteiger partial charge in [0.15, 0.2) is 0 Å². The third-order valence-corrected chi connectivity index (χ3v) is 5.29. The molecule has 0 radical (unpaired) electrons. The van der Waals surface area contributed by atoms with Crippen molar-refractivity contribution in [2.75, 3.05) is 13.6 Å². The second-order valence-corrected chi connectivity index (χ2v) is 8.36. The summed E-state index contributed by atoms with van der Waals surface area (Å²) in [6.07, 6.45) is 3.77. The number of ether oxygens (including phenoxy) is 1. The van der Waals surface area contributed by atoms with Gasteiger partial charge >= 0.3 is 5.97 Å². The predicted octanol–water partition coefficient (Wildman–Crippen LogP) is 4.34. The summed E-state index contributed by atoms with van der Waals surface area (Å²) in [5.74, 6) is 0.680. The van der Waals surface area contributed by atoms with Gasteiger partial charge in [0.2, 0.25) is 0 Å². The largest absolute Gasteiger partial charge is 0.425 e. The predicted molar refractivity (Wildman–Crippen MR) is 105 cm³/mol. The molecule has 1 saturated heterocycles. The summed E-state index contributed by atoms with van der Waals surface area (Å²) >= 11 is 0. The minimum Gasteiger partial charge on any atom is -0.425 e. The van der Waals surface area contributed by atoms with E-state index < -0.39 is 0 Å². The van der Waals surface area contributed by atoms with Crippen LogP contribution in [0.5, 0.6) is 5.75 Å². The maximum atomic E-state index is 12.7. The van der Waals surface area contributed by atoms with Crippen LogP contribution in [0.1, 0.15) is 69.6 Å². The van der Waals surface area contributed by atoms with Crippen LogP contribution in [-0.2, 0) is 15.0 Å². The Hall–Kier alpha value is -1.68. The van der Waals surface area contributed by atoms with Crippen LogP contribution in [0.4, 0.5) is 0 Å². The third kappa shape index (κ3) is 4.73. The van der Waals surface area contributed by atoms with Crippen molar-refractivity contribution in [1.82, 2.24) is 4.90 Å². The molecule has 1 atom stereocenters. The maximum Gasteiger partial charge on any atom is 0.328 e. The number of likely N-dealkylation sites (tertiary alicyclic amines) is 1. The van der Waals surface area contributed by atoms with Gasteiger partial charge in [-0.05, 0) is 63.9 Å². The van der Waals surface area contributed by atoms with Gasteiger partial charge in [0.25, 0.3) is 0 Å². The zero-order valence-corrected chi connectivity index (χ0v) is 17.1. The van der Waals surface area contributed by atoms with Crippen LogP contribution < -0.4 is 4.74 Å². The first-order valence-corrected chi connectivity index (χ1v) is 9.71. The summed E-state index contributed by atoms with van der Waals surface area (Å²) in [7, 11) is 1.97. The first-order chi connectivity index (χ1) is 12.2. The Balaban J connectivity index is 2.33. The normalized spacial score (nSPS) is 18.2. The zero-order valence-electron chi connectivity index (χ0n) is 17.1. The smallest absolute Gasteiger partial charge is 0.328 e. The number of benzene rings is 1. The Morgan fingerprint density at radius 3 is 2.54 bits per heavy atom. The number of aryl methyl sites for hydroxylation is 2. The van der Waals surface area contributed by atoms with Crippen molar-refractivity contribution in [3.05, 3.63) is 28.8 Å². The van der Waals surface area contributed by atoms with Crippen LogP contribution in [-0.4, -0.2) is 36.3 Å². The van der Waals surface area contributed by atoms with Gasteiger partial charge in [-0.3, -0.25) is 9.69 Å². The lowest BCUT2D eigenvalue weighted by Crippen LogP contribution is -2.36. The Labute approximate surface area is 157 Å². The lowest BCUT2D eigenvalue weighted by Gasteiger charge is -2.29. The van der Waals surface area contributed by atoms with Crippen molar-refractivity contribution < 1.29 is 14.3 Å². The molecule has 1 heterocycles. The molecule has 0 bridgehead atoms. The topological polar surface area (TPSA) is 46.6 Å². The van der Waals surface area contributed by atoms with Crippen LogP contribution in [0.25, 0.3) is 0 Å². The highest BCUT2D eigenvalue weighted by atomic mass is 16.5. The molecule has 1 unspecified atom stereocenters. The number of Topliss-reactive ketones (excluding diaryl/α,β-unsaturated/α-hetero) is 1. The Morgan fingerprint density at radius 2 is 1.96 bits per heavy atom. The van der Waals surface area contributed by atoms with E-state index in [-0.39, 0.29) is 23.2 Å². The van der Waals surface area contributed by atoms with Crippen LogP contribution in [0.3, 0.4) is 0 Å². The van der Waals surface area contributed by atoms with E-state index in [1.807, 2.05) is 33.9 Å². The van der Waals surface area contributed by atoms with Crippen LogP contribution in [0, 0.1) is 13.8 Å². The van der Waals surface area contributed by atoms with Gasteiger partial charge in [-0.2, -0.15) is 0 Å². The van der Waals surface area contributed by atoms with E-state index in [1.165, 1.54) is 0 Å². The number of esters is 1. The molecule has 1 fully saturated rings. The number of likely N-dealkylation sites (N-methyl/N-ethyl adjacent to an activating group) is 1. The second kappa shape index (κ2) is 8.34. The average Bonchev–Trinajstić information content (AvgIpc) is 2.91. The fourth-order valence-electron chi connectivity index (χ4n) is 4.21. The SMILES string of the molecule is CCCC(=O)CC(C)(C)c1c(C)cc(C)cc1OC(=O)C1CCCN1C. The van der Waals surface area contributed by atoms with E-state index in [2.05, 4.69) is 24.8 Å². The summed E-state index contributed by atoms with van der Waals surface area (Å²) in [6.45, 7) is 11.1. The highest BCUT2D eigenvalue weighted by molar-refractivity contribution is 5.81. The first-order valence-electron chi connectivity index (χ1n) is 9.71. The van der Waals surface area contributed by atoms with Gasteiger partial charge < -0.3 is 4.74 Å². The molecule has 0 spiro atoms. The van der Waals surface area contributed by atoms with Crippen LogP contribution in [0.2, 0.25) is 0 Å². The van der Waals surface area contributed by atoms with Crippen LogP contribution >= 0.6 is 0 Å². The van der Waals surface area contributed by atoms with Gasteiger partial charge in [-0.25, -0.2) is 4.79 Å². The quantitative estimate of drug-likeness (QED) is 0.537. The molecule has 1 aliphatic heterocycles. The molecular weight excluding hydrogens is 326 g/mol. The highest BCUT2D eigenvalue weighted by Crippen LogP contribution is 2.38. The van der Waals surface area contributed by atoms with Crippen molar-refractivity contribution >= 4 is 11.8 Å². The van der Waals surface area contributed by atoms with Gasteiger partial charge in [-0.1, -0.05) is 26.8 Å². The summed E-state index contributed by atoms with van der Waals surface area (Å²) in [4.78, 5) is 27.1. The second-order valence-electron chi connectivity index (χ2n) is 8.36. The summed E-state index contributed by atoms with van der Waals surface area (Å²) in [5.41, 5.74) is 2.73. The fraction of sp³-hybridized carbons (Fsp3) is 0.636. The number of hydrogen-bond donors (Lipinski definition) is 0.